The van der Waals surface area contributed by atoms with Crippen LogP contribution in [0.1, 0.15) is 31.9 Å². The maximum atomic E-state index is 13.2. The van der Waals surface area contributed by atoms with E-state index in [1.807, 2.05) is 25.1 Å². The Morgan fingerprint density at radius 1 is 1.15 bits per heavy atom. The molecule has 0 saturated heterocycles. The van der Waals surface area contributed by atoms with Crippen LogP contribution in [0.5, 0.6) is 5.75 Å². The van der Waals surface area contributed by atoms with Gasteiger partial charge in [0.1, 0.15) is 5.75 Å². The summed E-state index contributed by atoms with van der Waals surface area (Å²) in [5.41, 5.74) is 4.67. The molecule has 0 amide bonds. The van der Waals surface area contributed by atoms with E-state index in [1.165, 1.54) is 0 Å². The van der Waals surface area contributed by atoms with Gasteiger partial charge in [-0.2, -0.15) is 0 Å². The first-order valence-corrected chi connectivity index (χ1v) is 9.78. The predicted molar refractivity (Wildman–Crippen MR) is 114 cm³/mol. The van der Waals surface area contributed by atoms with Crippen LogP contribution in [-0.2, 0) is 6.54 Å². The lowest BCUT2D eigenvalue weighted by Crippen LogP contribution is -2.17. The maximum Gasteiger partial charge on any atom is 0.194 e. The van der Waals surface area contributed by atoms with Crippen molar-refractivity contribution in [1.29, 1.82) is 0 Å². The van der Waals surface area contributed by atoms with Crippen LogP contribution in [0, 0.1) is 19.8 Å². The smallest absolute Gasteiger partial charge is 0.194 e. The van der Waals surface area contributed by atoms with E-state index in [0.717, 1.165) is 28.9 Å². The molecule has 0 atom stereocenters. The zero-order valence-electron chi connectivity index (χ0n) is 16.6. The number of benzene rings is 2. The Morgan fingerprint density at radius 3 is 2.52 bits per heavy atom. The molecular weight excluding hydrogens is 358 g/mol. The van der Waals surface area contributed by atoms with Crippen molar-refractivity contribution in [2.75, 3.05) is 6.61 Å². The van der Waals surface area contributed by atoms with Crippen LogP contribution in [0.2, 0.25) is 5.02 Å². The summed E-state index contributed by atoms with van der Waals surface area (Å²) in [5.74, 6) is 0.954. The fraction of sp³-hybridized carbons (Fsp3) is 0.348. The SMILES string of the molecule is CCn1c(-c2cccc(C)c2)c(C)c(=O)c2c(Cl)c(OCC(C)C)ccc21. The van der Waals surface area contributed by atoms with E-state index < -0.39 is 0 Å². The molecule has 142 valence electrons. The second-order valence-corrected chi connectivity index (χ2v) is 7.77. The highest BCUT2D eigenvalue weighted by molar-refractivity contribution is 6.37. The quantitative estimate of drug-likeness (QED) is 0.541. The van der Waals surface area contributed by atoms with E-state index in [-0.39, 0.29) is 5.43 Å². The number of hydrogen-bond donors (Lipinski definition) is 0. The van der Waals surface area contributed by atoms with Gasteiger partial charge in [0.2, 0.25) is 0 Å². The number of hydrogen-bond acceptors (Lipinski definition) is 2. The van der Waals surface area contributed by atoms with Gasteiger partial charge in [-0.1, -0.05) is 49.2 Å². The van der Waals surface area contributed by atoms with Crippen LogP contribution in [0.15, 0.2) is 41.2 Å². The lowest BCUT2D eigenvalue weighted by molar-refractivity contribution is 0.271. The van der Waals surface area contributed by atoms with Gasteiger partial charge in [0, 0.05) is 12.1 Å². The molecule has 0 aliphatic rings. The van der Waals surface area contributed by atoms with Crippen molar-refractivity contribution in [2.24, 2.45) is 5.92 Å². The van der Waals surface area contributed by atoms with Gasteiger partial charge in [-0.25, -0.2) is 0 Å². The van der Waals surface area contributed by atoms with E-state index in [2.05, 4.69) is 50.5 Å². The van der Waals surface area contributed by atoms with Gasteiger partial charge in [-0.15, -0.1) is 0 Å². The third-order valence-corrected chi connectivity index (χ3v) is 5.12. The predicted octanol–water partition coefficient (Wildman–Crippen LogP) is 5.99. The molecule has 0 saturated carbocycles. The first kappa shape index (κ1) is 19.5. The van der Waals surface area contributed by atoms with Crippen molar-refractivity contribution in [3.63, 3.8) is 0 Å². The Hall–Kier alpha value is -2.26. The molecule has 3 rings (SSSR count). The molecule has 0 unspecified atom stereocenters. The van der Waals surface area contributed by atoms with Crippen molar-refractivity contribution in [3.8, 4) is 17.0 Å². The molecule has 3 aromatic rings. The highest BCUT2D eigenvalue weighted by Gasteiger charge is 2.19. The van der Waals surface area contributed by atoms with E-state index in [1.54, 1.807) is 0 Å². The molecule has 1 heterocycles. The molecule has 0 spiro atoms. The van der Waals surface area contributed by atoms with Gasteiger partial charge in [0.15, 0.2) is 5.43 Å². The third kappa shape index (κ3) is 3.61. The summed E-state index contributed by atoms with van der Waals surface area (Å²) in [6.07, 6.45) is 0. The number of aryl methyl sites for hydroxylation is 2. The van der Waals surface area contributed by atoms with Crippen LogP contribution in [0.4, 0.5) is 0 Å². The molecule has 4 heteroatoms. The fourth-order valence-electron chi connectivity index (χ4n) is 3.47. The minimum Gasteiger partial charge on any atom is -0.492 e. The third-order valence-electron chi connectivity index (χ3n) is 4.75. The molecule has 0 bridgehead atoms. The Morgan fingerprint density at radius 2 is 1.89 bits per heavy atom. The zero-order chi connectivity index (χ0) is 19.7. The second kappa shape index (κ2) is 7.77. The Labute approximate surface area is 165 Å². The molecule has 0 aliphatic heterocycles. The van der Waals surface area contributed by atoms with Crippen LogP contribution < -0.4 is 10.2 Å². The normalized spacial score (nSPS) is 11.4. The van der Waals surface area contributed by atoms with Crippen molar-refractivity contribution < 1.29 is 4.74 Å². The Bertz CT molecular complexity index is 1050. The molecule has 1 aromatic heterocycles. The minimum atomic E-state index is -0.0359. The highest BCUT2D eigenvalue weighted by atomic mass is 35.5. The molecule has 0 N–H and O–H groups in total. The van der Waals surface area contributed by atoms with Crippen molar-refractivity contribution in [1.82, 2.24) is 4.57 Å². The van der Waals surface area contributed by atoms with Crippen molar-refractivity contribution in [2.45, 2.75) is 41.2 Å². The molecule has 27 heavy (non-hydrogen) atoms. The number of ether oxygens (including phenoxy) is 1. The van der Waals surface area contributed by atoms with Crippen molar-refractivity contribution >= 4 is 22.5 Å². The average molecular weight is 384 g/mol. The number of halogens is 1. The summed E-state index contributed by atoms with van der Waals surface area (Å²) in [7, 11) is 0. The fourth-order valence-corrected chi connectivity index (χ4v) is 3.77. The topological polar surface area (TPSA) is 31.2 Å². The molecular formula is C23H26ClNO2. The van der Waals surface area contributed by atoms with Gasteiger partial charge in [-0.05, 0) is 50.5 Å². The summed E-state index contributed by atoms with van der Waals surface area (Å²) >= 11 is 6.62. The average Bonchev–Trinajstić information content (AvgIpc) is 2.63. The van der Waals surface area contributed by atoms with Gasteiger partial charge in [0.25, 0.3) is 0 Å². The summed E-state index contributed by atoms with van der Waals surface area (Å²) in [6.45, 7) is 11.5. The van der Waals surface area contributed by atoms with Gasteiger partial charge < -0.3 is 9.30 Å². The Balaban J connectivity index is 2.31. The summed E-state index contributed by atoms with van der Waals surface area (Å²) in [5, 5.41) is 0.938. The highest BCUT2D eigenvalue weighted by Crippen LogP contribution is 2.34. The van der Waals surface area contributed by atoms with E-state index in [9.17, 15) is 4.79 Å². The van der Waals surface area contributed by atoms with Gasteiger partial charge in [0.05, 0.1) is 28.2 Å². The summed E-state index contributed by atoms with van der Waals surface area (Å²) < 4.78 is 7.99. The summed E-state index contributed by atoms with van der Waals surface area (Å²) in [6, 6.07) is 12.1. The lowest BCUT2D eigenvalue weighted by Gasteiger charge is -2.20. The Kier molecular flexibility index (Phi) is 5.61. The monoisotopic (exact) mass is 383 g/mol. The maximum absolute atomic E-state index is 13.2. The number of aromatic nitrogens is 1. The standard InChI is InChI=1S/C23H26ClNO2/c1-6-25-18-10-11-19(27-13-14(2)3)21(24)20(18)23(26)16(5)22(25)17-9-7-8-15(4)12-17/h7-12,14H,6,13H2,1-5H3. The zero-order valence-corrected chi connectivity index (χ0v) is 17.4. The minimum absolute atomic E-state index is 0.0359. The molecule has 0 aliphatic carbocycles. The number of nitrogens with zero attached hydrogens (tertiary/aromatic N) is 1. The van der Waals surface area contributed by atoms with E-state index >= 15 is 0 Å². The molecule has 2 aromatic carbocycles. The second-order valence-electron chi connectivity index (χ2n) is 7.39. The van der Waals surface area contributed by atoms with Crippen LogP contribution in [-0.4, -0.2) is 11.2 Å². The van der Waals surface area contributed by atoms with Gasteiger partial charge >= 0.3 is 0 Å². The first-order valence-electron chi connectivity index (χ1n) is 9.40. The summed E-state index contributed by atoms with van der Waals surface area (Å²) in [4.78, 5) is 13.2. The molecule has 3 nitrogen and oxygen atoms in total. The van der Waals surface area contributed by atoms with Gasteiger partial charge in [-0.3, -0.25) is 4.79 Å². The number of rotatable bonds is 5. The largest absolute Gasteiger partial charge is 0.492 e. The van der Waals surface area contributed by atoms with Crippen LogP contribution in [0.3, 0.4) is 0 Å². The lowest BCUT2D eigenvalue weighted by atomic mass is 10.0. The van der Waals surface area contributed by atoms with Crippen LogP contribution in [0.25, 0.3) is 22.2 Å². The van der Waals surface area contributed by atoms with E-state index in [0.29, 0.717) is 34.2 Å². The number of fused-ring (bicyclic) bond motifs is 1. The first-order chi connectivity index (χ1) is 12.8. The molecule has 0 radical (unpaired) electrons. The number of pyridine rings is 1. The molecule has 0 fully saturated rings. The van der Waals surface area contributed by atoms with Crippen molar-refractivity contribution in [3.05, 3.63) is 62.8 Å². The van der Waals surface area contributed by atoms with E-state index in [4.69, 9.17) is 16.3 Å². The van der Waals surface area contributed by atoms with Crippen LogP contribution >= 0.6 is 11.6 Å².